The first kappa shape index (κ1) is 35.9. The minimum atomic E-state index is -1.10. The van der Waals surface area contributed by atoms with Crippen LogP contribution in [-0.2, 0) is 22.5 Å². The van der Waals surface area contributed by atoms with Crippen LogP contribution in [0.5, 0.6) is 11.5 Å². The highest BCUT2D eigenvalue weighted by Gasteiger charge is 2.38. The van der Waals surface area contributed by atoms with Crippen LogP contribution in [0.3, 0.4) is 0 Å². The lowest BCUT2D eigenvalue weighted by Crippen LogP contribution is -2.52. The number of benzene rings is 2. The number of carboxylic acid groups (broad SMARTS) is 1. The van der Waals surface area contributed by atoms with Crippen molar-refractivity contribution in [2.75, 3.05) is 33.9 Å². The van der Waals surface area contributed by atoms with Crippen LogP contribution in [0.2, 0.25) is 10.0 Å². The van der Waals surface area contributed by atoms with E-state index in [1.54, 1.807) is 12.1 Å². The molecule has 0 aliphatic carbocycles. The summed E-state index contributed by atoms with van der Waals surface area (Å²) in [4.78, 5) is 29.9. The van der Waals surface area contributed by atoms with Crippen LogP contribution in [0.1, 0.15) is 67.2 Å². The van der Waals surface area contributed by atoms with Crippen LogP contribution in [0.25, 0.3) is 0 Å². The highest BCUT2D eigenvalue weighted by molar-refractivity contribution is 7.14. The molecule has 7 rings (SSSR count). The molecule has 3 atom stereocenters. The molecule has 2 aromatic heterocycles. The Morgan fingerprint density at radius 1 is 1.04 bits per heavy atom. The van der Waals surface area contributed by atoms with Crippen molar-refractivity contribution in [3.63, 3.8) is 0 Å². The molecule has 10 nitrogen and oxygen atoms in total. The second-order valence-electron chi connectivity index (χ2n) is 12.7. The summed E-state index contributed by atoms with van der Waals surface area (Å²) in [6.45, 7) is 4.99. The molecule has 4 aromatic rings. The number of pyridine rings is 1. The molecule has 3 fully saturated rings. The van der Waals surface area contributed by atoms with Crippen molar-refractivity contribution in [1.82, 2.24) is 10.2 Å². The zero-order chi connectivity index (χ0) is 35.5. The van der Waals surface area contributed by atoms with E-state index in [1.165, 1.54) is 26.6 Å². The third-order valence-electron chi connectivity index (χ3n) is 9.74. The highest BCUT2D eigenvalue weighted by atomic mass is 35.5. The maximum Gasteiger partial charge on any atom is 0.346 e. The van der Waals surface area contributed by atoms with Gasteiger partial charge in [0.25, 0.3) is 0 Å². The molecular weight excluding hydrogens is 701 g/mol. The monoisotopic (exact) mass is 739 g/mol. The largest absolute Gasteiger partial charge is 0.619 e. The van der Waals surface area contributed by atoms with Crippen molar-refractivity contribution in [2.45, 2.75) is 50.8 Å². The molecule has 1 unspecified atom stereocenters. The van der Waals surface area contributed by atoms with Gasteiger partial charge < -0.3 is 24.5 Å². The lowest BCUT2D eigenvalue weighted by atomic mass is 9.85. The number of rotatable bonds is 13. The molecule has 264 valence electrons. The second kappa shape index (κ2) is 15.6. The van der Waals surface area contributed by atoms with Crippen LogP contribution >= 0.6 is 34.5 Å². The first-order chi connectivity index (χ1) is 24.1. The topological polar surface area (TPSA) is 124 Å². The van der Waals surface area contributed by atoms with E-state index in [1.807, 2.05) is 43.3 Å². The molecule has 0 saturated carbocycles. The van der Waals surface area contributed by atoms with Gasteiger partial charge in [0.15, 0.2) is 23.9 Å². The third kappa shape index (κ3) is 7.72. The number of esters is 1. The smallest absolute Gasteiger partial charge is 0.346 e. The fourth-order valence-electron chi connectivity index (χ4n) is 7.07. The molecule has 0 amide bonds. The number of ether oxygens (including phenoxy) is 3. The summed E-state index contributed by atoms with van der Waals surface area (Å²) in [5, 5.41) is 26.2. The number of aromatic nitrogens is 1. The fourth-order valence-corrected chi connectivity index (χ4v) is 8.68. The van der Waals surface area contributed by atoms with Crippen molar-refractivity contribution in [1.29, 1.82) is 0 Å². The quantitative estimate of drug-likeness (QED) is 0.0892. The fraction of sp³-hybridized carbons (Fsp3) is 0.378. The third-order valence-corrected chi connectivity index (χ3v) is 11.5. The van der Waals surface area contributed by atoms with Gasteiger partial charge in [-0.05, 0) is 85.6 Å². The first-order valence-electron chi connectivity index (χ1n) is 16.4. The van der Waals surface area contributed by atoms with Crippen LogP contribution in [-0.4, -0.2) is 61.9 Å². The zero-order valence-electron chi connectivity index (χ0n) is 28.0. The molecule has 3 aliphatic rings. The molecule has 3 aliphatic heterocycles. The maximum absolute atomic E-state index is 13.9. The summed E-state index contributed by atoms with van der Waals surface area (Å²) >= 11 is 14.2. The Labute approximate surface area is 305 Å². The number of aryl methyl sites for hydroxylation is 1. The first-order valence-corrected chi connectivity index (χ1v) is 18.0. The van der Waals surface area contributed by atoms with Crippen LogP contribution in [0.15, 0.2) is 60.9 Å². The van der Waals surface area contributed by atoms with Crippen molar-refractivity contribution >= 4 is 46.5 Å². The molecule has 2 aromatic carbocycles. The second-order valence-corrected chi connectivity index (χ2v) is 14.7. The van der Waals surface area contributed by atoms with Gasteiger partial charge in [-0.2, -0.15) is 4.73 Å². The number of thiophene rings is 1. The Balaban J connectivity index is 1.34. The number of carboxylic acids is 1. The van der Waals surface area contributed by atoms with Gasteiger partial charge in [-0.1, -0.05) is 53.5 Å². The Hall–Kier alpha value is -3.87. The number of aromatic carboxylic acids is 1. The molecule has 50 heavy (non-hydrogen) atoms. The van der Waals surface area contributed by atoms with Gasteiger partial charge in [-0.3, -0.25) is 10.2 Å². The lowest BCUT2D eigenvalue weighted by molar-refractivity contribution is -0.605. The van der Waals surface area contributed by atoms with E-state index in [2.05, 4.69) is 10.2 Å². The number of hydrogen-bond acceptors (Lipinski definition) is 9. The summed E-state index contributed by atoms with van der Waals surface area (Å²) in [6, 6.07) is 14.2. The number of nitrogens with zero attached hydrogens (tertiary/aromatic N) is 2. The van der Waals surface area contributed by atoms with Gasteiger partial charge in [-0.15, -0.1) is 11.3 Å². The van der Waals surface area contributed by atoms with Crippen LogP contribution in [0.4, 0.5) is 0 Å². The van der Waals surface area contributed by atoms with E-state index >= 15 is 0 Å². The summed E-state index contributed by atoms with van der Waals surface area (Å²) < 4.78 is 17.7. The van der Waals surface area contributed by atoms with Crippen LogP contribution < -0.4 is 19.5 Å². The predicted octanol–water partition coefficient (Wildman–Crippen LogP) is 6.56. The Bertz CT molecular complexity index is 1850. The molecular formula is C37H39Cl2N3O7S. The molecule has 3 saturated heterocycles. The Morgan fingerprint density at radius 3 is 2.36 bits per heavy atom. The molecule has 2 bridgehead atoms. The Morgan fingerprint density at radius 2 is 1.74 bits per heavy atom. The molecule has 13 heteroatoms. The van der Waals surface area contributed by atoms with Gasteiger partial charge in [0.05, 0.1) is 14.2 Å². The van der Waals surface area contributed by atoms with Gasteiger partial charge in [0, 0.05) is 29.4 Å². The van der Waals surface area contributed by atoms with Crippen molar-refractivity contribution in [3.05, 3.63) is 114 Å². The number of carbonyl (C=O) groups is 2. The number of halogens is 2. The van der Waals surface area contributed by atoms with Gasteiger partial charge >= 0.3 is 11.9 Å². The number of carbonyl (C=O) groups excluding carboxylic acids is 1. The van der Waals surface area contributed by atoms with E-state index in [0.29, 0.717) is 38.2 Å². The van der Waals surface area contributed by atoms with E-state index < -0.39 is 17.9 Å². The predicted molar refractivity (Wildman–Crippen MR) is 192 cm³/mol. The minimum absolute atomic E-state index is 0.131. The minimum Gasteiger partial charge on any atom is -0.619 e. The number of hydrogen-bond donors (Lipinski definition) is 2. The van der Waals surface area contributed by atoms with Gasteiger partial charge in [-0.25, -0.2) is 9.59 Å². The lowest BCUT2D eigenvalue weighted by Gasteiger charge is -2.44. The van der Waals surface area contributed by atoms with Gasteiger partial charge in [0.2, 0.25) is 0 Å². The average Bonchev–Trinajstić information content (AvgIpc) is 3.53. The zero-order valence-corrected chi connectivity index (χ0v) is 30.3. The van der Waals surface area contributed by atoms with E-state index in [4.69, 9.17) is 37.4 Å². The number of piperidine rings is 3. The van der Waals surface area contributed by atoms with Crippen molar-refractivity contribution in [2.24, 2.45) is 5.92 Å². The summed E-state index contributed by atoms with van der Waals surface area (Å²) in [7, 11) is 3.06. The standard InChI is InChI=1S/C37H39Cl2N3O7S/c1-21-6-4-5-7-25(21)34(37(45)49-33-20-41-12-10-22(33)11-13-41)40-17-24-15-27(35(50-24)36(43)44)26(16-28-29(38)18-42(46)19-30(28)39)23-8-9-31(47-2)32(14-23)48-3/h4-9,14-15,18-19,22,26,33-34,40H,10-13,16-17,20H2,1-3H3,(H,43,44)/t26-,33-,34?/m0/s1. The normalized spacial score (nSPS) is 19.5. The number of nitrogens with one attached hydrogen (secondary N) is 1. The summed E-state index contributed by atoms with van der Waals surface area (Å²) in [6.07, 6.45) is 4.52. The summed E-state index contributed by atoms with van der Waals surface area (Å²) in [5.41, 5.74) is 3.50. The van der Waals surface area contributed by atoms with Crippen molar-refractivity contribution in [3.8, 4) is 11.5 Å². The maximum atomic E-state index is 13.9. The molecule has 5 heterocycles. The average molecular weight is 741 g/mol. The molecule has 2 N–H and O–H groups in total. The van der Waals surface area contributed by atoms with Crippen LogP contribution in [0, 0.1) is 18.0 Å². The SMILES string of the molecule is COc1ccc([C@H](Cc2c(Cl)c[n+]([O-])cc2Cl)c2cc(CNC(C(=O)O[C@H]3CN4CCC3CC4)c3ccccc3C)sc2C(=O)O)cc1OC. The summed E-state index contributed by atoms with van der Waals surface area (Å²) in [5.74, 6) is -0.661. The highest BCUT2D eigenvalue weighted by Crippen LogP contribution is 2.41. The van der Waals surface area contributed by atoms with Crippen molar-refractivity contribution < 1.29 is 33.6 Å². The number of methoxy groups -OCH3 is 2. The number of fused-ring (bicyclic) bond motifs is 3. The van der Waals surface area contributed by atoms with E-state index in [-0.39, 0.29) is 40.0 Å². The molecule has 0 spiro atoms. The van der Waals surface area contributed by atoms with Gasteiger partial charge in [0.1, 0.15) is 27.1 Å². The molecule has 0 radical (unpaired) electrons. The van der Waals surface area contributed by atoms with E-state index in [0.717, 1.165) is 60.5 Å². The van der Waals surface area contributed by atoms with E-state index in [9.17, 15) is 19.9 Å². The Kier molecular flexibility index (Phi) is 11.2.